The van der Waals surface area contributed by atoms with Crippen LogP contribution in [0.15, 0.2) is 27.8 Å². The van der Waals surface area contributed by atoms with Gasteiger partial charge >= 0.3 is 5.69 Å². The Morgan fingerprint density at radius 3 is 2.86 bits per heavy atom. The Morgan fingerprint density at radius 1 is 1.05 bits per heavy atom. The first-order valence-electron chi connectivity index (χ1n) is 6.76. The second kappa shape index (κ2) is 4.42. The topological polar surface area (TPSA) is 106 Å². The van der Waals surface area contributed by atoms with E-state index in [4.69, 9.17) is 0 Å². The first-order valence-corrected chi connectivity index (χ1v) is 6.76. The van der Waals surface area contributed by atoms with Crippen molar-refractivity contribution in [1.29, 1.82) is 0 Å². The molecule has 3 heterocycles. The van der Waals surface area contributed by atoms with Gasteiger partial charge in [0.05, 0.1) is 0 Å². The van der Waals surface area contributed by atoms with Gasteiger partial charge in [0, 0.05) is 12.1 Å². The number of hydrogen-bond donors (Lipinski definition) is 4. The van der Waals surface area contributed by atoms with Crippen molar-refractivity contribution < 1.29 is 0 Å². The SMILES string of the molecule is O=c1[nH]c(=O)c2[nH]c(-c3ccc4c(c3)CNCC4)nc2[nH]1. The van der Waals surface area contributed by atoms with E-state index >= 15 is 0 Å². The molecule has 1 aliphatic rings. The Morgan fingerprint density at radius 2 is 1.95 bits per heavy atom. The van der Waals surface area contributed by atoms with Gasteiger partial charge in [0.2, 0.25) is 0 Å². The molecule has 1 aliphatic heterocycles. The van der Waals surface area contributed by atoms with Crippen LogP contribution in [0, 0.1) is 0 Å². The fraction of sp³-hybridized carbons (Fsp3) is 0.214. The molecular weight excluding hydrogens is 270 g/mol. The fourth-order valence-electron chi connectivity index (χ4n) is 2.70. The maximum absolute atomic E-state index is 11.7. The molecule has 7 heteroatoms. The molecule has 21 heavy (non-hydrogen) atoms. The van der Waals surface area contributed by atoms with E-state index in [-0.39, 0.29) is 11.2 Å². The summed E-state index contributed by atoms with van der Waals surface area (Å²) in [7, 11) is 0. The summed E-state index contributed by atoms with van der Waals surface area (Å²) >= 11 is 0. The smallest absolute Gasteiger partial charge is 0.327 e. The summed E-state index contributed by atoms with van der Waals surface area (Å²) in [5, 5.41) is 3.33. The molecule has 3 aromatic rings. The minimum absolute atomic E-state index is 0.273. The van der Waals surface area contributed by atoms with E-state index in [0.29, 0.717) is 5.82 Å². The quantitative estimate of drug-likeness (QED) is 0.513. The van der Waals surface area contributed by atoms with E-state index in [2.05, 4.69) is 37.4 Å². The molecule has 7 nitrogen and oxygen atoms in total. The molecule has 0 aliphatic carbocycles. The zero-order valence-corrected chi connectivity index (χ0v) is 11.1. The van der Waals surface area contributed by atoms with Crippen molar-refractivity contribution in [3.05, 3.63) is 50.2 Å². The van der Waals surface area contributed by atoms with Crippen molar-refractivity contribution >= 4 is 11.2 Å². The minimum atomic E-state index is -0.555. The Labute approximate surface area is 118 Å². The van der Waals surface area contributed by atoms with Crippen molar-refractivity contribution in [3.63, 3.8) is 0 Å². The highest BCUT2D eigenvalue weighted by atomic mass is 16.2. The molecule has 0 unspecified atom stereocenters. The highest BCUT2D eigenvalue weighted by molar-refractivity contribution is 5.74. The molecule has 0 fully saturated rings. The van der Waals surface area contributed by atoms with Crippen molar-refractivity contribution in [2.24, 2.45) is 0 Å². The first kappa shape index (κ1) is 12.1. The largest absolute Gasteiger partial charge is 0.332 e. The predicted octanol–water partition coefficient (Wildman–Crippen LogP) is 0.252. The number of H-pyrrole nitrogens is 3. The van der Waals surface area contributed by atoms with E-state index in [9.17, 15) is 9.59 Å². The average Bonchev–Trinajstić information content (AvgIpc) is 2.91. The van der Waals surface area contributed by atoms with Gasteiger partial charge in [-0.25, -0.2) is 9.78 Å². The van der Waals surface area contributed by atoms with E-state index in [1.54, 1.807) is 0 Å². The number of nitrogens with zero attached hydrogens (tertiary/aromatic N) is 1. The van der Waals surface area contributed by atoms with Crippen LogP contribution in [-0.2, 0) is 13.0 Å². The minimum Gasteiger partial charge on any atom is -0.332 e. The Balaban J connectivity index is 1.88. The van der Waals surface area contributed by atoms with Crippen molar-refractivity contribution in [3.8, 4) is 11.4 Å². The molecule has 0 bridgehead atoms. The summed E-state index contributed by atoms with van der Waals surface area (Å²) in [4.78, 5) is 35.0. The van der Waals surface area contributed by atoms with Crippen LogP contribution < -0.4 is 16.6 Å². The van der Waals surface area contributed by atoms with E-state index in [1.807, 2.05) is 6.07 Å². The van der Waals surface area contributed by atoms with Gasteiger partial charge < -0.3 is 10.3 Å². The van der Waals surface area contributed by atoms with E-state index in [1.165, 1.54) is 11.1 Å². The van der Waals surface area contributed by atoms with Crippen LogP contribution in [-0.4, -0.2) is 26.5 Å². The summed E-state index contributed by atoms with van der Waals surface area (Å²) in [6, 6.07) is 6.13. The molecule has 1 aromatic carbocycles. The van der Waals surface area contributed by atoms with Gasteiger partial charge in [-0.3, -0.25) is 14.8 Å². The number of nitrogens with one attached hydrogen (secondary N) is 4. The monoisotopic (exact) mass is 283 g/mol. The second-order valence-electron chi connectivity index (χ2n) is 5.13. The van der Waals surface area contributed by atoms with Gasteiger partial charge in [0.15, 0.2) is 5.65 Å². The molecule has 0 spiro atoms. The molecule has 106 valence electrons. The molecule has 0 saturated heterocycles. The Kier molecular flexibility index (Phi) is 2.55. The van der Waals surface area contributed by atoms with Gasteiger partial charge in [0.25, 0.3) is 5.56 Å². The van der Waals surface area contributed by atoms with Crippen molar-refractivity contribution in [2.45, 2.75) is 13.0 Å². The summed E-state index contributed by atoms with van der Waals surface area (Å²) < 4.78 is 0. The fourth-order valence-corrected chi connectivity index (χ4v) is 2.70. The van der Waals surface area contributed by atoms with Crippen LogP contribution in [0.3, 0.4) is 0 Å². The molecule has 0 atom stereocenters. The third-order valence-electron chi connectivity index (χ3n) is 3.76. The van der Waals surface area contributed by atoms with Crippen molar-refractivity contribution in [1.82, 2.24) is 25.3 Å². The maximum Gasteiger partial charge on any atom is 0.327 e. The average molecular weight is 283 g/mol. The van der Waals surface area contributed by atoms with Gasteiger partial charge in [-0.05, 0) is 30.2 Å². The van der Waals surface area contributed by atoms with E-state index in [0.717, 1.165) is 25.1 Å². The summed E-state index contributed by atoms with van der Waals surface area (Å²) in [5.74, 6) is 0.575. The normalized spacial score (nSPS) is 14.3. The van der Waals surface area contributed by atoms with E-state index < -0.39 is 11.2 Å². The number of aromatic amines is 3. The number of hydrogen-bond acceptors (Lipinski definition) is 4. The van der Waals surface area contributed by atoms with Gasteiger partial charge in [-0.2, -0.15) is 0 Å². The lowest BCUT2D eigenvalue weighted by atomic mass is 9.98. The van der Waals surface area contributed by atoms with Crippen LogP contribution in [0.5, 0.6) is 0 Å². The van der Waals surface area contributed by atoms with Crippen LogP contribution in [0.4, 0.5) is 0 Å². The number of rotatable bonds is 1. The molecule has 4 N–H and O–H groups in total. The standard InChI is InChI=1S/C14H13N5O2/c20-13-10-12(18-14(21)19-13)17-11(16-10)8-2-1-7-3-4-15-6-9(7)5-8/h1-2,5,15H,3-4,6H2,(H3,16,17,18,19,20,21). The zero-order chi connectivity index (χ0) is 14.4. The van der Waals surface area contributed by atoms with Crippen molar-refractivity contribution in [2.75, 3.05) is 6.54 Å². The Bertz CT molecular complexity index is 950. The number of aromatic nitrogens is 4. The molecular formula is C14H13N5O2. The lowest BCUT2D eigenvalue weighted by molar-refractivity contribution is 0.644. The predicted molar refractivity (Wildman–Crippen MR) is 78.2 cm³/mol. The summed E-state index contributed by atoms with van der Waals surface area (Å²) in [6.45, 7) is 1.83. The third kappa shape index (κ3) is 1.98. The lowest BCUT2D eigenvalue weighted by Gasteiger charge is -2.17. The van der Waals surface area contributed by atoms with Crippen LogP contribution in [0.2, 0.25) is 0 Å². The summed E-state index contributed by atoms with van der Waals surface area (Å²) in [5.41, 5.74) is 3.00. The zero-order valence-electron chi connectivity index (χ0n) is 11.1. The van der Waals surface area contributed by atoms with Crippen LogP contribution >= 0.6 is 0 Å². The summed E-state index contributed by atoms with van der Waals surface area (Å²) in [6.07, 6.45) is 1.02. The first-order chi connectivity index (χ1) is 10.2. The Hall–Kier alpha value is -2.67. The number of fused-ring (bicyclic) bond motifs is 2. The lowest BCUT2D eigenvalue weighted by Crippen LogP contribution is -2.23. The highest BCUT2D eigenvalue weighted by Gasteiger charge is 2.13. The molecule has 0 saturated carbocycles. The van der Waals surface area contributed by atoms with Crippen LogP contribution in [0.25, 0.3) is 22.6 Å². The van der Waals surface area contributed by atoms with Gasteiger partial charge in [-0.15, -0.1) is 0 Å². The highest BCUT2D eigenvalue weighted by Crippen LogP contribution is 2.23. The van der Waals surface area contributed by atoms with Crippen LogP contribution in [0.1, 0.15) is 11.1 Å². The van der Waals surface area contributed by atoms with Gasteiger partial charge in [0.1, 0.15) is 11.3 Å². The number of imidazole rings is 1. The molecule has 0 amide bonds. The molecule has 4 rings (SSSR count). The maximum atomic E-state index is 11.7. The second-order valence-corrected chi connectivity index (χ2v) is 5.13. The third-order valence-corrected chi connectivity index (χ3v) is 3.76. The molecule has 0 radical (unpaired) electrons. The van der Waals surface area contributed by atoms with Gasteiger partial charge in [-0.1, -0.05) is 12.1 Å². The molecule has 2 aromatic heterocycles. The number of benzene rings is 1.